The number of hydrogen-bond donors (Lipinski definition) is 3. The van der Waals surface area contributed by atoms with E-state index in [1.807, 2.05) is 6.07 Å². The zero-order valence-corrected chi connectivity index (χ0v) is 19.1. The number of nitrogens with one attached hydrogen (secondary N) is 3. The Labute approximate surface area is 186 Å². The standard InChI is InChI=1S/C16H19Cl2N5O2S.HI/c1-19-16(22-10-12-4-5-13(17)9-15(12)18)21-7-8-23-26(24,25)14-3-2-6-20-11-14;/h2-6,9,11,23H,7-8,10H2,1H3,(H2,19,21,22);1H. The zero-order chi connectivity index (χ0) is 19.0. The quantitative estimate of drug-likeness (QED) is 0.216. The Balaban J connectivity index is 0.00000364. The van der Waals surface area contributed by atoms with Crippen LogP contribution in [0.2, 0.25) is 10.0 Å². The molecule has 1 aromatic heterocycles. The van der Waals surface area contributed by atoms with Crippen molar-refractivity contribution in [3.63, 3.8) is 0 Å². The van der Waals surface area contributed by atoms with Crippen molar-refractivity contribution in [2.75, 3.05) is 20.1 Å². The lowest BCUT2D eigenvalue weighted by molar-refractivity contribution is 0.580. The minimum Gasteiger partial charge on any atom is -0.355 e. The topological polar surface area (TPSA) is 95.5 Å². The second kappa shape index (κ2) is 11.6. The Morgan fingerprint density at radius 3 is 2.59 bits per heavy atom. The van der Waals surface area contributed by atoms with Gasteiger partial charge in [0.1, 0.15) is 4.90 Å². The third kappa shape index (κ3) is 7.78. The Morgan fingerprint density at radius 1 is 1.19 bits per heavy atom. The van der Waals surface area contributed by atoms with Gasteiger partial charge >= 0.3 is 0 Å². The molecule has 0 atom stereocenters. The summed E-state index contributed by atoms with van der Waals surface area (Å²) in [6, 6.07) is 8.31. The third-order valence-electron chi connectivity index (χ3n) is 3.34. The predicted molar refractivity (Wildman–Crippen MR) is 120 cm³/mol. The highest BCUT2D eigenvalue weighted by Crippen LogP contribution is 2.20. The van der Waals surface area contributed by atoms with E-state index in [2.05, 4.69) is 25.3 Å². The molecule has 0 saturated heterocycles. The van der Waals surface area contributed by atoms with Gasteiger partial charge < -0.3 is 10.6 Å². The predicted octanol–water partition coefficient (Wildman–Crippen LogP) is 2.65. The maximum Gasteiger partial charge on any atom is 0.242 e. The summed E-state index contributed by atoms with van der Waals surface area (Å²) in [5, 5.41) is 7.25. The molecular formula is C16H20Cl2IN5O2S. The van der Waals surface area contributed by atoms with Gasteiger partial charge in [-0.25, -0.2) is 13.1 Å². The fourth-order valence-electron chi connectivity index (χ4n) is 2.02. The van der Waals surface area contributed by atoms with Crippen LogP contribution in [0.5, 0.6) is 0 Å². The number of sulfonamides is 1. The van der Waals surface area contributed by atoms with Gasteiger partial charge in [-0.05, 0) is 29.8 Å². The minimum absolute atomic E-state index is 0. The number of halogens is 3. The van der Waals surface area contributed by atoms with E-state index in [1.165, 1.54) is 18.5 Å². The fraction of sp³-hybridized carbons (Fsp3) is 0.250. The Morgan fingerprint density at radius 2 is 1.96 bits per heavy atom. The summed E-state index contributed by atoms with van der Waals surface area (Å²) in [6.45, 7) is 1.00. The first-order valence-electron chi connectivity index (χ1n) is 7.70. The van der Waals surface area contributed by atoms with Crippen LogP contribution in [0, 0.1) is 0 Å². The monoisotopic (exact) mass is 543 g/mol. The maximum absolute atomic E-state index is 12.1. The van der Waals surface area contributed by atoms with Crippen molar-refractivity contribution in [2.45, 2.75) is 11.4 Å². The number of benzene rings is 1. The number of guanidine groups is 1. The van der Waals surface area contributed by atoms with Crippen molar-refractivity contribution in [1.82, 2.24) is 20.3 Å². The lowest BCUT2D eigenvalue weighted by atomic mass is 10.2. The van der Waals surface area contributed by atoms with E-state index in [0.29, 0.717) is 29.1 Å². The van der Waals surface area contributed by atoms with Crippen LogP contribution >= 0.6 is 47.2 Å². The molecule has 1 heterocycles. The van der Waals surface area contributed by atoms with E-state index in [-0.39, 0.29) is 35.4 Å². The summed E-state index contributed by atoms with van der Waals surface area (Å²) < 4.78 is 26.6. The molecule has 0 aliphatic carbocycles. The molecule has 27 heavy (non-hydrogen) atoms. The average Bonchev–Trinajstić information content (AvgIpc) is 2.63. The molecule has 148 valence electrons. The maximum atomic E-state index is 12.1. The smallest absolute Gasteiger partial charge is 0.242 e. The fourth-order valence-corrected chi connectivity index (χ4v) is 3.49. The van der Waals surface area contributed by atoms with Gasteiger partial charge in [-0.15, -0.1) is 24.0 Å². The molecule has 0 saturated carbocycles. The van der Waals surface area contributed by atoms with Gasteiger partial charge in [0.15, 0.2) is 5.96 Å². The van der Waals surface area contributed by atoms with Crippen LogP contribution in [-0.4, -0.2) is 39.5 Å². The van der Waals surface area contributed by atoms with E-state index in [4.69, 9.17) is 23.2 Å². The first-order valence-corrected chi connectivity index (χ1v) is 9.94. The SMILES string of the molecule is CN=C(NCCNS(=O)(=O)c1cccnc1)NCc1ccc(Cl)cc1Cl.I. The molecule has 3 N–H and O–H groups in total. The Hall–Kier alpha value is -1.14. The molecule has 2 rings (SSSR count). The van der Waals surface area contributed by atoms with Crippen molar-refractivity contribution >= 4 is 63.2 Å². The van der Waals surface area contributed by atoms with Gasteiger partial charge in [-0.2, -0.15) is 0 Å². The molecule has 0 spiro atoms. The van der Waals surface area contributed by atoms with Crippen LogP contribution in [0.1, 0.15) is 5.56 Å². The van der Waals surface area contributed by atoms with E-state index >= 15 is 0 Å². The lowest BCUT2D eigenvalue weighted by Crippen LogP contribution is -2.41. The largest absolute Gasteiger partial charge is 0.355 e. The summed E-state index contributed by atoms with van der Waals surface area (Å²) in [6.07, 6.45) is 2.81. The highest BCUT2D eigenvalue weighted by molar-refractivity contribution is 14.0. The molecule has 0 amide bonds. The van der Waals surface area contributed by atoms with Crippen LogP contribution in [0.3, 0.4) is 0 Å². The van der Waals surface area contributed by atoms with Crippen molar-refractivity contribution in [3.05, 3.63) is 58.3 Å². The number of pyridine rings is 1. The van der Waals surface area contributed by atoms with Crippen LogP contribution in [0.15, 0.2) is 52.6 Å². The second-order valence-electron chi connectivity index (χ2n) is 5.17. The van der Waals surface area contributed by atoms with Gasteiger partial charge in [0, 0.05) is 49.1 Å². The summed E-state index contributed by atoms with van der Waals surface area (Å²) in [5.41, 5.74) is 0.872. The van der Waals surface area contributed by atoms with E-state index < -0.39 is 10.0 Å². The number of hydrogen-bond acceptors (Lipinski definition) is 4. The van der Waals surface area contributed by atoms with Crippen molar-refractivity contribution in [1.29, 1.82) is 0 Å². The minimum atomic E-state index is -3.57. The molecular weight excluding hydrogens is 524 g/mol. The molecule has 0 bridgehead atoms. The van der Waals surface area contributed by atoms with Crippen LogP contribution in [0.4, 0.5) is 0 Å². The van der Waals surface area contributed by atoms with Crippen molar-refractivity contribution < 1.29 is 8.42 Å². The highest BCUT2D eigenvalue weighted by atomic mass is 127. The molecule has 0 unspecified atom stereocenters. The lowest BCUT2D eigenvalue weighted by Gasteiger charge is -2.13. The average molecular weight is 544 g/mol. The number of aliphatic imine (C=N–C) groups is 1. The van der Waals surface area contributed by atoms with Crippen LogP contribution < -0.4 is 15.4 Å². The summed E-state index contributed by atoms with van der Waals surface area (Å²) in [4.78, 5) is 8.01. The number of nitrogens with zero attached hydrogens (tertiary/aromatic N) is 2. The van der Waals surface area contributed by atoms with E-state index in [0.717, 1.165) is 5.56 Å². The van der Waals surface area contributed by atoms with Crippen molar-refractivity contribution in [2.24, 2.45) is 4.99 Å². The first-order chi connectivity index (χ1) is 12.4. The summed E-state index contributed by atoms with van der Waals surface area (Å²) in [7, 11) is -1.95. The number of rotatable bonds is 7. The molecule has 0 aliphatic heterocycles. The second-order valence-corrected chi connectivity index (χ2v) is 7.79. The van der Waals surface area contributed by atoms with Crippen molar-refractivity contribution in [3.8, 4) is 0 Å². The van der Waals surface area contributed by atoms with Gasteiger partial charge in [-0.1, -0.05) is 29.3 Å². The molecule has 2 aromatic rings. The molecule has 1 aromatic carbocycles. The van der Waals surface area contributed by atoms with Gasteiger partial charge in [0.25, 0.3) is 0 Å². The number of aromatic nitrogens is 1. The normalized spacial score (nSPS) is 11.6. The Bertz CT molecular complexity index is 866. The van der Waals surface area contributed by atoms with Gasteiger partial charge in [-0.3, -0.25) is 9.98 Å². The highest BCUT2D eigenvalue weighted by Gasteiger charge is 2.12. The summed E-state index contributed by atoms with van der Waals surface area (Å²) in [5.74, 6) is 0.525. The first kappa shape index (κ1) is 23.9. The van der Waals surface area contributed by atoms with Gasteiger partial charge in [0.05, 0.1) is 0 Å². The van der Waals surface area contributed by atoms with Gasteiger partial charge in [0.2, 0.25) is 10.0 Å². The summed E-state index contributed by atoms with van der Waals surface area (Å²) >= 11 is 12.0. The van der Waals surface area contributed by atoms with E-state index in [9.17, 15) is 8.42 Å². The zero-order valence-electron chi connectivity index (χ0n) is 14.4. The molecule has 0 radical (unpaired) electrons. The molecule has 7 nitrogen and oxygen atoms in total. The van der Waals surface area contributed by atoms with Crippen LogP contribution in [0.25, 0.3) is 0 Å². The molecule has 0 fully saturated rings. The molecule has 11 heteroatoms. The van der Waals surface area contributed by atoms with Crippen LogP contribution in [-0.2, 0) is 16.6 Å². The molecule has 0 aliphatic rings. The third-order valence-corrected chi connectivity index (χ3v) is 5.37. The van der Waals surface area contributed by atoms with E-state index in [1.54, 1.807) is 25.2 Å². The Kier molecular flexibility index (Phi) is 10.3.